The number of hydrogen-bond donors (Lipinski definition) is 1. The van der Waals surface area contributed by atoms with E-state index in [2.05, 4.69) is 10.4 Å². The largest absolute Gasteiger partial charge is 0.315 e. The lowest BCUT2D eigenvalue weighted by Crippen LogP contribution is -2.08. The van der Waals surface area contributed by atoms with Gasteiger partial charge in [0.15, 0.2) is 0 Å². The van der Waals surface area contributed by atoms with Crippen molar-refractivity contribution < 1.29 is 4.39 Å². The average molecular weight is 310 g/mol. The number of rotatable bonds is 4. The van der Waals surface area contributed by atoms with Gasteiger partial charge in [0.05, 0.1) is 17.8 Å². The molecule has 104 valence electrons. The molecule has 6 heteroatoms. The second kappa shape index (κ2) is 5.52. The Morgan fingerprint density at radius 2 is 2.30 bits per heavy atom. The highest BCUT2D eigenvalue weighted by Crippen LogP contribution is 2.33. The van der Waals surface area contributed by atoms with E-state index in [4.69, 9.17) is 11.6 Å². The summed E-state index contributed by atoms with van der Waals surface area (Å²) in [5, 5.41) is 8.58. The number of nitrogens with zero attached hydrogens (tertiary/aromatic N) is 2. The maximum absolute atomic E-state index is 14.1. The Kier molecular flexibility index (Phi) is 3.74. The standard InChI is InChI=1S/C14H13ClFN3S/c1-17-6-13-10(8-19-7-9(15)5-18-19)14-11(16)3-2-4-12(14)20-13/h2-5,7,17H,6,8H2,1H3. The zero-order valence-electron chi connectivity index (χ0n) is 10.9. The van der Waals surface area contributed by atoms with E-state index in [1.807, 2.05) is 13.1 Å². The summed E-state index contributed by atoms with van der Waals surface area (Å²) in [5.41, 5.74) is 0.970. The van der Waals surface area contributed by atoms with Crippen LogP contribution in [0.2, 0.25) is 5.02 Å². The van der Waals surface area contributed by atoms with E-state index in [-0.39, 0.29) is 5.82 Å². The molecule has 20 heavy (non-hydrogen) atoms. The second-order valence-corrected chi connectivity index (χ2v) is 6.08. The molecule has 0 saturated heterocycles. The molecule has 0 amide bonds. The van der Waals surface area contributed by atoms with Crippen LogP contribution in [0.1, 0.15) is 10.4 Å². The average Bonchev–Trinajstić information content (AvgIpc) is 2.96. The summed E-state index contributed by atoms with van der Waals surface area (Å²) in [6.07, 6.45) is 3.33. The quantitative estimate of drug-likeness (QED) is 0.797. The van der Waals surface area contributed by atoms with E-state index in [9.17, 15) is 4.39 Å². The molecule has 0 spiro atoms. The van der Waals surface area contributed by atoms with Gasteiger partial charge in [0, 0.05) is 27.7 Å². The first-order valence-corrected chi connectivity index (χ1v) is 7.40. The maximum atomic E-state index is 14.1. The lowest BCUT2D eigenvalue weighted by Gasteiger charge is -2.05. The van der Waals surface area contributed by atoms with Gasteiger partial charge in [0.25, 0.3) is 0 Å². The normalized spacial score (nSPS) is 11.3. The maximum Gasteiger partial charge on any atom is 0.132 e. The molecule has 1 N–H and O–H groups in total. The van der Waals surface area contributed by atoms with Crippen LogP contribution in [0.5, 0.6) is 0 Å². The van der Waals surface area contributed by atoms with Crippen LogP contribution >= 0.6 is 22.9 Å². The highest BCUT2D eigenvalue weighted by Gasteiger charge is 2.15. The number of benzene rings is 1. The molecular weight excluding hydrogens is 297 g/mol. The third-order valence-electron chi connectivity index (χ3n) is 3.11. The van der Waals surface area contributed by atoms with Gasteiger partial charge in [-0.05, 0) is 24.7 Å². The van der Waals surface area contributed by atoms with E-state index in [0.717, 1.165) is 15.1 Å². The Balaban J connectivity index is 2.12. The van der Waals surface area contributed by atoms with Crippen molar-refractivity contribution in [1.29, 1.82) is 0 Å². The fourth-order valence-corrected chi connectivity index (χ4v) is 3.67. The summed E-state index contributed by atoms with van der Waals surface area (Å²) in [5.74, 6) is -0.186. The minimum Gasteiger partial charge on any atom is -0.315 e. The summed E-state index contributed by atoms with van der Waals surface area (Å²) < 4.78 is 16.8. The molecular formula is C14H13ClFN3S. The van der Waals surface area contributed by atoms with Crippen molar-refractivity contribution in [3.63, 3.8) is 0 Å². The zero-order chi connectivity index (χ0) is 14.1. The van der Waals surface area contributed by atoms with Crippen molar-refractivity contribution in [2.75, 3.05) is 7.05 Å². The van der Waals surface area contributed by atoms with Crippen molar-refractivity contribution in [1.82, 2.24) is 15.1 Å². The molecule has 0 bridgehead atoms. The van der Waals surface area contributed by atoms with E-state index in [1.165, 1.54) is 6.07 Å². The van der Waals surface area contributed by atoms with Crippen molar-refractivity contribution in [2.24, 2.45) is 0 Å². The lowest BCUT2D eigenvalue weighted by atomic mass is 10.1. The number of hydrogen-bond acceptors (Lipinski definition) is 3. The Morgan fingerprint density at radius 3 is 3.00 bits per heavy atom. The van der Waals surface area contributed by atoms with Crippen LogP contribution in [0.3, 0.4) is 0 Å². The topological polar surface area (TPSA) is 29.9 Å². The molecule has 0 aliphatic carbocycles. The molecule has 0 aliphatic rings. The Labute approximate surface area is 125 Å². The molecule has 0 unspecified atom stereocenters. The fourth-order valence-electron chi connectivity index (χ4n) is 2.27. The molecule has 0 fully saturated rings. The Hall–Kier alpha value is -1.43. The van der Waals surface area contributed by atoms with Gasteiger partial charge in [-0.15, -0.1) is 11.3 Å². The molecule has 3 nitrogen and oxygen atoms in total. The van der Waals surface area contributed by atoms with Crippen LogP contribution in [-0.4, -0.2) is 16.8 Å². The highest BCUT2D eigenvalue weighted by molar-refractivity contribution is 7.19. The summed E-state index contributed by atoms with van der Waals surface area (Å²) in [6.45, 7) is 1.23. The van der Waals surface area contributed by atoms with E-state index < -0.39 is 0 Å². The minimum atomic E-state index is -0.186. The third-order valence-corrected chi connectivity index (χ3v) is 4.50. The van der Waals surface area contributed by atoms with E-state index >= 15 is 0 Å². The van der Waals surface area contributed by atoms with Gasteiger partial charge in [-0.2, -0.15) is 5.10 Å². The van der Waals surface area contributed by atoms with Gasteiger partial charge >= 0.3 is 0 Å². The van der Waals surface area contributed by atoms with Gasteiger partial charge in [-0.3, -0.25) is 4.68 Å². The van der Waals surface area contributed by atoms with Crippen LogP contribution in [0.4, 0.5) is 4.39 Å². The van der Waals surface area contributed by atoms with Crippen molar-refractivity contribution in [2.45, 2.75) is 13.1 Å². The number of aromatic nitrogens is 2. The minimum absolute atomic E-state index is 0.186. The van der Waals surface area contributed by atoms with Crippen LogP contribution in [0.15, 0.2) is 30.6 Å². The molecule has 3 rings (SSSR count). The first-order valence-electron chi connectivity index (χ1n) is 6.20. The van der Waals surface area contributed by atoms with Crippen LogP contribution in [0.25, 0.3) is 10.1 Å². The smallest absolute Gasteiger partial charge is 0.132 e. The second-order valence-electron chi connectivity index (χ2n) is 4.50. The molecule has 2 aromatic heterocycles. The van der Waals surface area contributed by atoms with Gasteiger partial charge in [0.1, 0.15) is 5.82 Å². The Morgan fingerprint density at radius 1 is 1.45 bits per heavy atom. The number of thiophene rings is 1. The van der Waals surface area contributed by atoms with E-state index in [1.54, 1.807) is 34.5 Å². The highest BCUT2D eigenvalue weighted by atomic mass is 35.5. The third kappa shape index (κ3) is 2.44. The van der Waals surface area contributed by atoms with Crippen LogP contribution < -0.4 is 5.32 Å². The Bertz CT molecular complexity index is 750. The molecule has 2 heterocycles. The van der Waals surface area contributed by atoms with E-state index in [0.29, 0.717) is 23.5 Å². The number of fused-ring (bicyclic) bond motifs is 1. The van der Waals surface area contributed by atoms with Crippen LogP contribution in [0, 0.1) is 5.82 Å². The summed E-state index contributed by atoms with van der Waals surface area (Å²) in [7, 11) is 1.88. The fraction of sp³-hybridized carbons (Fsp3) is 0.214. The zero-order valence-corrected chi connectivity index (χ0v) is 12.4. The summed E-state index contributed by atoms with van der Waals surface area (Å²) in [6, 6.07) is 5.19. The summed E-state index contributed by atoms with van der Waals surface area (Å²) >= 11 is 7.50. The predicted molar refractivity (Wildman–Crippen MR) is 80.9 cm³/mol. The van der Waals surface area contributed by atoms with Gasteiger partial charge in [0.2, 0.25) is 0 Å². The van der Waals surface area contributed by atoms with Gasteiger partial charge < -0.3 is 5.32 Å². The summed E-state index contributed by atoms with van der Waals surface area (Å²) in [4.78, 5) is 1.12. The first-order chi connectivity index (χ1) is 9.69. The predicted octanol–water partition coefficient (Wildman–Crippen LogP) is 3.66. The van der Waals surface area contributed by atoms with Crippen molar-refractivity contribution in [3.8, 4) is 0 Å². The molecule has 0 radical (unpaired) electrons. The van der Waals surface area contributed by atoms with Crippen molar-refractivity contribution in [3.05, 3.63) is 51.9 Å². The number of halogens is 2. The molecule has 0 aliphatic heterocycles. The lowest BCUT2D eigenvalue weighted by molar-refractivity contribution is 0.634. The van der Waals surface area contributed by atoms with Gasteiger partial charge in [-0.25, -0.2) is 4.39 Å². The molecule has 0 saturated carbocycles. The van der Waals surface area contributed by atoms with Crippen molar-refractivity contribution >= 4 is 33.0 Å². The molecule has 1 aromatic carbocycles. The molecule has 0 atom stereocenters. The first kappa shape index (κ1) is 13.5. The SMILES string of the molecule is CNCc1sc2cccc(F)c2c1Cn1cc(Cl)cn1. The van der Waals surface area contributed by atoms with Gasteiger partial charge in [-0.1, -0.05) is 17.7 Å². The monoisotopic (exact) mass is 309 g/mol. The number of nitrogens with one attached hydrogen (secondary N) is 1. The van der Waals surface area contributed by atoms with Crippen LogP contribution in [-0.2, 0) is 13.1 Å². The molecule has 3 aromatic rings.